The van der Waals surface area contributed by atoms with Gasteiger partial charge in [-0.25, -0.2) is 0 Å². The molecule has 1 unspecified atom stereocenters. The zero-order valence-electron chi connectivity index (χ0n) is 9.93. The van der Waals surface area contributed by atoms with E-state index in [1.807, 2.05) is 25.1 Å². The summed E-state index contributed by atoms with van der Waals surface area (Å²) in [5.41, 5.74) is 1.92. The maximum absolute atomic E-state index is 11.7. The molecule has 0 heterocycles. The highest BCUT2D eigenvalue weighted by molar-refractivity contribution is 7.84. The number of benzene rings is 1. The number of ether oxygens (including phenoxy) is 1. The highest BCUT2D eigenvalue weighted by Crippen LogP contribution is 2.21. The molecule has 1 aromatic carbocycles. The molecule has 1 N–H and O–H groups in total. The molecule has 17 heavy (non-hydrogen) atoms. The Hall–Kier alpha value is -1.36. The lowest BCUT2D eigenvalue weighted by Crippen LogP contribution is -2.07. The third-order valence-corrected chi connectivity index (χ3v) is 3.59. The largest absolute Gasteiger partial charge is 0.496 e. The molecule has 0 aromatic heterocycles. The minimum atomic E-state index is -1.17. The smallest absolute Gasteiger partial charge is 0.304 e. The van der Waals surface area contributed by atoms with Crippen molar-refractivity contribution in [2.24, 2.45) is 0 Å². The summed E-state index contributed by atoms with van der Waals surface area (Å²) >= 11 is 0. The molecule has 0 aliphatic heterocycles. The maximum Gasteiger partial charge on any atom is 0.304 e. The van der Waals surface area contributed by atoms with Crippen LogP contribution in [0.1, 0.15) is 17.5 Å². The fraction of sp³-hybridized carbons (Fsp3) is 0.417. The second-order valence-corrected chi connectivity index (χ2v) is 5.32. The van der Waals surface area contributed by atoms with E-state index in [-0.39, 0.29) is 12.2 Å². The first-order valence-electron chi connectivity index (χ1n) is 5.23. The van der Waals surface area contributed by atoms with Crippen LogP contribution in [0.3, 0.4) is 0 Å². The van der Waals surface area contributed by atoms with E-state index in [0.29, 0.717) is 11.5 Å². The summed E-state index contributed by atoms with van der Waals surface area (Å²) in [6.45, 7) is 1.95. The molecule has 0 fully saturated rings. The number of hydrogen-bond donors (Lipinski definition) is 1. The molecular weight excluding hydrogens is 240 g/mol. The minimum Gasteiger partial charge on any atom is -0.496 e. The van der Waals surface area contributed by atoms with Crippen LogP contribution < -0.4 is 4.74 Å². The summed E-state index contributed by atoms with van der Waals surface area (Å²) in [7, 11) is 0.391. The summed E-state index contributed by atoms with van der Waals surface area (Å²) in [5, 5.41) is 8.51. The minimum absolute atomic E-state index is 0.0687. The molecule has 0 bridgehead atoms. The second-order valence-electron chi connectivity index (χ2n) is 3.75. The zero-order valence-corrected chi connectivity index (χ0v) is 10.8. The van der Waals surface area contributed by atoms with Gasteiger partial charge in [0.25, 0.3) is 0 Å². The van der Waals surface area contributed by atoms with Crippen molar-refractivity contribution in [3.63, 3.8) is 0 Å². The van der Waals surface area contributed by atoms with E-state index in [4.69, 9.17) is 9.84 Å². The number of carboxylic acid groups (broad SMARTS) is 1. The predicted molar refractivity (Wildman–Crippen MR) is 66.7 cm³/mol. The van der Waals surface area contributed by atoms with Crippen molar-refractivity contribution in [1.29, 1.82) is 0 Å². The van der Waals surface area contributed by atoms with Gasteiger partial charge in [0.2, 0.25) is 0 Å². The Bertz CT molecular complexity index is 429. The van der Waals surface area contributed by atoms with Gasteiger partial charge in [-0.1, -0.05) is 17.7 Å². The first-order chi connectivity index (χ1) is 8.02. The Morgan fingerprint density at radius 2 is 2.18 bits per heavy atom. The Morgan fingerprint density at radius 3 is 2.76 bits per heavy atom. The van der Waals surface area contributed by atoms with E-state index >= 15 is 0 Å². The van der Waals surface area contributed by atoms with Crippen molar-refractivity contribution < 1.29 is 18.8 Å². The van der Waals surface area contributed by atoms with Crippen LogP contribution in [0.4, 0.5) is 0 Å². The fourth-order valence-corrected chi connectivity index (χ4v) is 2.59. The van der Waals surface area contributed by atoms with Crippen LogP contribution in [0.5, 0.6) is 5.75 Å². The van der Waals surface area contributed by atoms with Gasteiger partial charge in [-0.2, -0.15) is 0 Å². The van der Waals surface area contributed by atoms with Crippen LogP contribution in [0, 0.1) is 6.92 Å². The van der Waals surface area contributed by atoms with E-state index in [0.717, 1.165) is 11.1 Å². The molecule has 1 rings (SSSR count). The first kappa shape index (κ1) is 13.7. The number of methoxy groups -OCH3 is 1. The number of aryl methyl sites for hydroxylation is 1. The molecule has 0 radical (unpaired) electrons. The number of rotatable bonds is 6. The zero-order chi connectivity index (χ0) is 12.8. The van der Waals surface area contributed by atoms with E-state index < -0.39 is 16.8 Å². The summed E-state index contributed by atoms with van der Waals surface area (Å²) in [4.78, 5) is 10.4. The van der Waals surface area contributed by atoms with Crippen molar-refractivity contribution >= 4 is 16.8 Å². The van der Waals surface area contributed by atoms with E-state index in [1.54, 1.807) is 7.11 Å². The van der Waals surface area contributed by atoms with Crippen LogP contribution in [-0.4, -0.2) is 28.1 Å². The molecule has 0 saturated carbocycles. The van der Waals surface area contributed by atoms with E-state index in [9.17, 15) is 9.00 Å². The highest BCUT2D eigenvalue weighted by atomic mass is 32.2. The molecule has 94 valence electrons. The average Bonchev–Trinajstić information content (AvgIpc) is 2.27. The summed E-state index contributed by atoms with van der Waals surface area (Å²) in [5.74, 6) is 0.277. The normalized spacial score (nSPS) is 12.1. The van der Waals surface area contributed by atoms with Gasteiger partial charge in [0.1, 0.15) is 5.75 Å². The lowest BCUT2D eigenvalue weighted by molar-refractivity contribution is -0.136. The Morgan fingerprint density at radius 1 is 1.47 bits per heavy atom. The standard InChI is InChI=1S/C12H16O4S/c1-9-3-4-11(16-2)10(7-9)8-17(15)6-5-12(13)14/h3-4,7H,5-6,8H2,1-2H3,(H,13,14). The van der Waals surface area contributed by atoms with Gasteiger partial charge in [-0.15, -0.1) is 0 Å². The molecule has 0 saturated heterocycles. The monoisotopic (exact) mass is 256 g/mol. The molecule has 0 aliphatic rings. The van der Waals surface area contributed by atoms with Gasteiger partial charge in [0.05, 0.1) is 19.3 Å². The van der Waals surface area contributed by atoms with Gasteiger partial charge in [-0.05, 0) is 13.0 Å². The molecule has 4 nitrogen and oxygen atoms in total. The number of hydrogen-bond acceptors (Lipinski definition) is 3. The van der Waals surface area contributed by atoms with Crippen LogP contribution >= 0.6 is 0 Å². The fourth-order valence-electron chi connectivity index (χ4n) is 1.47. The quantitative estimate of drug-likeness (QED) is 0.842. The van der Waals surface area contributed by atoms with Gasteiger partial charge >= 0.3 is 5.97 Å². The van der Waals surface area contributed by atoms with Crippen LogP contribution in [0.15, 0.2) is 18.2 Å². The lowest BCUT2D eigenvalue weighted by atomic mass is 10.1. The topological polar surface area (TPSA) is 63.6 Å². The van der Waals surface area contributed by atoms with Gasteiger partial charge in [-0.3, -0.25) is 9.00 Å². The van der Waals surface area contributed by atoms with Crippen molar-refractivity contribution in [3.8, 4) is 5.75 Å². The Labute approximate surface area is 103 Å². The third kappa shape index (κ3) is 4.56. The summed E-state index contributed by atoms with van der Waals surface area (Å²) in [6, 6.07) is 5.67. The maximum atomic E-state index is 11.7. The predicted octanol–water partition coefficient (Wildman–Crippen LogP) is 1.73. The summed E-state index contributed by atoms with van der Waals surface area (Å²) < 4.78 is 16.9. The first-order valence-corrected chi connectivity index (χ1v) is 6.72. The van der Waals surface area contributed by atoms with E-state index in [1.165, 1.54) is 0 Å². The summed E-state index contributed by atoms with van der Waals surface area (Å²) in [6.07, 6.45) is -0.0687. The molecule has 0 aliphatic carbocycles. The van der Waals surface area contributed by atoms with Gasteiger partial charge in [0, 0.05) is 22.1 Å². The van der Waals surface area contributed by atoms with Crippen molar-refractivity contribution in [2.75, 3.05) is 12.9 Å². The van der Waals surface area contributed by atoms with Crippen molar-refractivity contribution in [1.82, 2.24) is 0 Å². The SMILES string of the molecule is COc1ccc(C)cc1CS(=O)CCC(=O)O. The highest BCUT2D eigenvalue weighted by Gasteiger charge is 2.09. The Kier molecular flexibility index (Phi) is 5.15. The molecule has 1 aromatic rings. The van der Waals surface area contributed by atoms with Crippen LogP contribution in [0.2, 0.25) is 0 Å². The van der Waals surface area contributed by atoms with Gasteiger partial charge < -0.3 is 9.84 Å². The molecule has 0 amide bonds. The molecule has 1 atom stereocenters. The lowest BCUT2D eigenvalue weighted by Gasteiger charge is -2.09. The third-order valence-electron chi connectivity index (χ3n) is 2.30. The number of carboxylic acids is 1. The average molecular weight is 256 g/mol. The van der Waals surface area contributed by atoms with Crippen molar-refractivity contribution in [2.45, 2.75) is 19.1 Å². The van der Waals surface area contributed by atoms with Crippen molar-refractivity contribution in [3.05, 3.63) is 29.3 Å². The van der Waals surface area contributed by atoms with Crippen LogP contribution in [-0.2, 0) is 21.3 Å². The Balaban J connectivity index is 2.69. The van der Waals surface area contributed by atoms with E-state index in [2.05, 4.69) is 0 Å². The molecule has 5 heteroatoms. The number of carbonyl (C=O) groups is 1. The molecule has 0 spiro atoms. The van der Waals surface area contributed by atoms with Gasteiger partial charge in [0.15, 0.2) is 0 Å². The van der Waals surface area contributed by atoms with Crippen LogP contribution in [0.25, 0.3) is 0 Å². The second kappa shape index (κ2) is 6.39. The molecular formula is C12H16O4S. The number of aliphatic carboxylic acids is 1.